The lowest BCUT2D eigenvalue weighted by atomic mass is 10.1. The highest BCUT2D eigenvalue weighted by Gasteiger charge is 2.20. The summed E-state index contributed by atoms with van der Waals surface area (Å²) >= 11 is 7.14. The third-order valence-electron chi connectivity index (χ3n) is 4.29. The van der Waals surface area contributed by atoms with Gasteiger partial charge >= 0.3 is 0 Å². The van der Waals surface area contributed by atoms with Gasteiger partial charge in [0.05, 0.1) is 12.1 Å². The minimum absolute atomic E-state index is 0.103. The Morgan fingerprint density at radius 1 is 1.19 bits per heavy atom. The average Bonchev–Trinajstić information content (AvgIpc) is 3.16. The standard InChI is InChI=1S/C22H29ClN4O4S/c1-15(2)12-27(21(30)16-5-7-17(23)8-6-16)13-20(29)26-22-25-18(14-32-22)11-19(28)24-9-4-10-31-3/h5-8,14-15H,4,9-13H2,1-3H3,(H,24,28)(H,25,26,29). The lowest BCUT2D eigenvalue weighted by Crippen LogP contribution is -2.40. The van der Waals surface area contributed by atoms with Crippen LogP contribution < -0.4 is 10.6 Å². The molecule has 0 unspecified atom stereocenters. The van der Waals surface area contributed by atoms with E-state index in [0.29, 0.717) is 41.1 Å². The highest BCUT2D eigenvalue weighted by Crippen LogP contribution is 2.17. The summed E-state index contributed by atoms with van der Waals surface area (Å²) in [6.07, 6.45) is 0.871. The third-order valence-corrected chi connectivity index (χ3v) is 5.34. The van der Waals surface area contributed by atoms with Crippen molar-refractivity contribution in [3.8, 4) is 0 Å². The molecule has 2 aromatic rings. The van der Waals surface area contributed by atoms with E-state index in [0.717, 1.165) is 6.42 Å². The van der Waals surface area contributed by atoms with E-state index < -0.39 is 0 Å². The van der Waals surface area contributed by atoms with Crippen LogP contribution in [0.5, 0.6) is 0 Å². The van der Waals surface area contributed by atoms with E-state index in [1.165, 1.54) is 16.2 Å². The van der Waals surface area contributed by atoms with Gasteiger partial charge in [-0.3, -0.25) is 14.4 Å². The molecule has 1 heterocycles. The number of nitrogens with zero attached hydrogens (tertiary/aromatic N) is 2. The Hall–Kier alpha value is -2.49. The van der Waals surface area contributed by atoms with Crippen molar-refractivity contribution in [3.05, 3.63) is 45.9 Å². The van der Waals surface area contributed by atoms with E-state index in [1.807, 2.05) is 13.8 Å². The largest absolute Gasteiger partial charge is 0.385 e. The predicted octanol–water partition coefficient (Wildman–Crippen LogP) is 3.23. The van der Waals surface area contributed by atoms with Gasteiger partial charge < -0.3 is 20.3 Å². The molecule has 3 amide bonds. The molecule has 0 aliphatic carbocycles. The Labute approximate surface area is 197 Å². The first kappa shape index (κ1) is 25.8. The van der Waals surface area contributed by atoms with Gasteiger partial charge in [0.25, 0.3) is 5.91 Å². The summed E-state index contributed by atoms with van der Waals surface area (Å²) in [4.78, 5) is 43.2. The van der Waals surface area contributed by atoms with Crippen molar-refractivity contribution in [3.63, 3.8) is 0 Å². The Balaban J connectivity index is 1.92. The van der Waals surface area contributed by atoms with Crippen LogP contribution >= 0.6 is 22.9 Å². The van der Waals surface area contributed by atoms with Gasteiger partial charge in [0.1, 0.15) is 6.54 Å². The maximum Gasteiger partial charge on any atom is 0.254 e. The zero-order valence-electron chi connectivity index (χ0n) is 18.5. The molecule has 0 atom stereocenters. The van der Waals surface area contributed by atoms with Gasteiger partial charge in [-0.2, -0.15) is 0 Å². The van der Waals surface area contributed by atoms with Crippen molar-refractivity contribution in [2.75, 3.05) is 38.7 Å². The molecule has 0 radical (unpaired) electrons. The quantitative estimate of drug-likeness (QED) is 0.454. The van der Waals surface area contributed by atoms with Crippen molar-refractivity contribution in [1.82, 2.24) is 15.2 Å². The molecule has 0 fully saturated rings. The van der Waals surface area contributed by atoms with Crippen LogP contribution in [0.3, 0.4) is 0 Å². The molecule has 32 heavy (non-hydrogen) atoms. The molecule has 1 aromatic heterocycles. The summed E-state index contributed by atoms with van der Waals surface area (Å²) in [5.41, 5.74) is 1.04. The van der Waals surface area contributed by atoms with Gasteiger partial charge in [-0.25, -0.2) is 4.98 Å². The molecule has 10 heteroatoms. The number of nitrogens with one attached hydrogen (secondary N) is 2. The fraction of sp³-hybridized carbons (Fsp3) is 0.455. The Morgan fingerprint density at radius 3 is 2.56 bits per heavy atom. The number of anilines is 1. The Kier molecular flexibility index (Phi) is 10.6. The molecule has 1 aromatic carbocycles. The SMILES string of the molecule is COCCCNC(=O)Cc1csc(NC(=O)CN(CC(C)C)C(=O)c2ccc(Cl)cc2)n1. The van der Waals surface area contributed by atoms with Gasteiger partial charge in [0, 0.05) is 42.8 Å². The molecular weight excluding hydrogens is 452 g/mol. The van der Waals surface area contributed by atoms with Crippen molar-refractivity contribution < 1.29 is 19.1 Å². The number of benzene rings is 1. The van der Waals surface area contributed by atoms with Crippen LogP contribution in [-0.4, -0.2) is 61.0 Å². The maximum absolute atomic E-state index is 12.9. The zero-order chi connectivity index (χ0) is 23.5. The highest BCUT2D eigenvalue weighted by molar-refractivity contribution is 7.13. The summed E-state index contributed by atoms with van der Waals surface area (Å²) in [7, 11) is 1.61. The summed E-state index contributed by atoms with van der Waals surface area (Å²) in [5.74, 6) is -0.540. The Bertz CT molecular complexity index is 902. The first-order chi connectivity index (χ1) is 15.3. The first-order valence-electron chi connectivity index (χ1n) is 10.3. The van der Waals surface area contributed by atoms with Crippen molar-refractivity contribution in [2.24, 2.45) is 5.92 Å². The van der Waals surface area contributed by atoms with E-state index >= 15 is 0 Å². The molecule has 0 bridgehead atoms. The van der Waals surface area contributed by atoms with E-state index in [4.69, 9.17) is 16.3 Å². The second-order valence-electron chi connectivity index (χ2n) is 7.65. The number of amides is 3. The molecule has 0 spiro atoms. The minimum Gasteiger partial charge on any atom is -0.385 e. The smallest absolute Gasteiger partial charge is 0.254 e. The summed E-state index contributed by atoms with van der Waals surface area (Å²) < 4.78 is 4.94. The molecular formula is C22H29ClN4O4S. The van der Waals surface area contributed by atoms with E-state index in [1.54, 1.807) is 36.8 Å². The molecule has 0 saturated heterocycles. The van der Waals surface area contributed by atoms with E-state index in [2.05, 4.69) is 15.6 Å². The number of carbonyl (C=O) groups is 3. The zero-order valence-corrected chi connectivity index (χ0v) is 20.1. The second kappa shape index (κ2) is 13.1. The van der Waals surface area contributed by atoms with Gasteiger partial charge in [0.15, 0.2) is 5.13 Å². The highest BCUT2D eigenvalue weighted by atomic mass is 35.5. The summed E-state index contributed by atoms with van der Waals surface area (Å²) in [5, 5.41) is 8.18. The lowest BCUT2D eigenvalue weighted by molar-refractivity contribution is -0.120. The normalized spacial score (nSPS) is 10.8. The predicted molar refractivity (Wildman–Crippen MR) is 126 cm³/mol. The van der Waals surface area contributed by atoms with Crippen LogP contribution in [0.25, 0.3) is 0 Å². The molecule has 0 aliphatic heterocycles. The van der Waals surface area contributed by atoms with Gasteiger partial charge in [0.2, 0.25) is 11.8 Å². The van der Waals surface area contributed by atoms with E-state index in [-0.39, 0.29) is 36.6 Å². The molecule has 0 aliphatic rings. The van der Waals surface area contributed by atoms with Crippen LogP contribution in [0, 0.1) is 5.92 Å². The van der Waals surface area contributed by atoms with Crippen molar-refractivity contribution >= 4 is 45.8 Å². The number of hydrogen-bond acceptors (Lipinski definition) is 6. The van der Waals surface area contributed by atoms with Crippen molar-refractivity contribution in [1.29, 1.82) is 0 Å². The number of ether oxygens (including phenoxy) is 1. The lowest BCUT2D eigenvalue weighted by Gasteiger charge is -2.24. The van der Waals surface area contributed by atoms with Gasteiger partial charge in [-0.15, -0.1) is 11.3 Å². The van der Waals surface area contributed by atoms with Crippen molar-refractivity contribution in [2.45, 2.75) is 26.7 Å². The van der Waals surface area contributed by atoms with E-state index in [9.17, 15) is 14.4 Å². The fourth-order valence-corrected chi connectivity index (χ4v) is 3.74. The fourth-order valence-electron chi connectivity index (χ4n) is 2.88. The first-order valence-corrected chi connectivity index (χ1v) is 11.6. The van der Waals surface area contributed by atoms with Crippen LogP contribution in [0.4, 0.5) is 5.13 Å². The van der Waals surface area contributed by atoms with Crippen LogP contribution in [0.1, 0.15) is 36.3 Å². The van der Waals surface area contributed by atoms with Crippen LogP contribution in [0.2, 0.25) is 5.02 Å². The number of hydrogen-bond donors (Lipinski definition) is 2. The van der Waals surface area contributed by atoms with Crippen LogP contribution in [0.15, 0.2) is 29.6 Å². The topological polar surface area (TPSA) is 101 Å². The number of thiazole rings is 1. The third kappa shape index (κ3) is 8.94. The number of rotatable bonds is 12. The van der Waals surface area contributed by atoms with Gasteiger partial charge in [-0.05, 0) is 36.6 Å². The molecule has 2 N–H and O–H groups in total. The number of carbonyl (C=O) groups excluding carboxylic acids is 3. The second-order valence-corrected chi connectivity index (χ2v) is 8.95. The average molecular weight is 481 g/mol. The monoisotopic (exact) mass is 480 g/mol. The number of aromatic nitrogens is 1. The number of methoxy groups -OCH3 is 1. The molecule has 174 valence electrons. The summed E-state index contributed by atoms with van der Waals surface area (Å²) in [6.45, 7) is 5.41. The summed E-state index contributed by atoms with van der Waals surface area (Å²) in [6, 6.07) is 6.58. The molecule has 2 rings (SSSR count). The maximum atomic E-state index is 12.9. The Morgan fingerprint density at radius 2 is 1.91 bits per heavy atom. The minimum atomic E-state index is -0.349. The van der Waals surface area contributed by atoms with Gasteiger partial charge in [-0.1, -0.05) is 25.4 Å². The molecule has 8 nitrogen and oxygen atoms in total. The number of halogens is 1. The van der Waals surface area contributed by atoms with Crippen LogP contribution in [-0.2, 0) is 20.7 Å². The molecule has 0 saturated carbocycles.